The Morgan fingerprint density at radius 1 is 0.244 bits per heavy atom. The fraction of sp³-hybridized carbons (Fsp3) is 1.00. The van der Waals surface area contributed by atoms with Crippen molar-refractivity contribution in [3.63, 3.8) is 0 Å². The Morgan fingerprint density at radius 3 is 0.808 bits per heavy atom. The van der Waals surface area contributed by atoms with Crippen molar-refractivity contribution in [1.29, 1.82) is 0 Å². The van der Waals surface area contributed by atoms with Gasteiger partial charge in [-0.1, -0.05) is 107 Å². The van der Waals surface area contributed by atoms with Gasteiger partial charge in [-0.3, -0.25) is 9.80 Å². The first kappa shape index (κ1) is 55.8. The number of fused-ring (bicyclic) bond motifs is 12. The van der Waals surface area contributed by atoms with Crippen LogP contribution in [0.2, 0.25) is 0 Å². The van der Waals surface area contributed by atoms with E-state index in [1.54, 1.807) is 180 Å². The molecule has 0 radical (unpaired) electrons. The molecule has 442 valence electrons. The van der Waals surface area contributed by atoms with Crippen LogP contribution in [0.4, 0.5) is 0 Å². The Labute approximate surface area is 484 Å². The molecule has 0 spiro atoms. The van der Waals surface area contributed by atoms with Crippen LogP contribution in [-0.4, -0.2) is 46.1 Å². The number of hydrogen-bond donors (Lipinski definition) is 0. The lowest BCUT2D eigenvalue weighted by atomic mass is 9.61. The molecule has 14 aliphatic carbocycles. The zero-order chi connectivity index (χ0) is 53.3. The fourth-order valence-corrected chi connectivity index (χ4v) is 30.0. The molecule has 14 fully saturated rings. The molecule has 0 amide bonds. The summed E-state index contributed by atoms with van der Waals surface area (Å²) in [6.07, 6.45) is 61.9. The average molecular weight is 1070 g/mol. The van der Waals surface area contributed by atoms with Gasteiger partial charge in [0.05, 0.1) is 0 Å². The molecule has 0 bridgehead atoms. The molecule has 78 heavy (non-hydrogen) atoms. The monoisotopic (exact) mass is 1070 g/mol. The van der Waals surface area contributed by atoms with Gasteiger partial charge < -0.3 is 0 Å². The lowest BCUT2D eigenvalue weighted by Gasteiger charge is -2.54. The number of hydrogen-bond acceptors (Lipinski definition) is 2. The second-order valence-corrected chi connectivity index (χ2v) is 34.7. The highest BCUT2D eigenvalue weighted by Gasteiger charge is 2.64. The lowest BCUT2D eigenvalue weighted by Crippen LogP contribution is -2.56. The molecule has 2 nitrogen and oxygen atoms in total. The van der Waals surface area contributed by atoms with Crippen LogP contribution < -0.4 is 0 Å². The van der Waals surface area contributed by atoms with Gasteiger partial charge in [0.25, 0.3) is 0 Å². The molecule has 14 saturated carbocycles. The van der Waals surface area contributed by atoms with E-state index < -0.39 is 0 Å². The molecule has 2 heteroatoms. The molecule has 0 aromatic carbocycles. The van der Waals surface area contributed by atoms with Gasteiger partial charge in [0, 0.05) is 36.3 Å². The maximum atomic E-state index is 3.50. The molecule has 0 saturated heterocycles. The van der Waals surface area contributed by atoms with E-state index in [0.29, 0.717) is 21.7 Å². The first-order chi connectivity index (χ1) is 37.9. The topological polar surface area (TPSA) is 6.48 Å². The molecule has 14 aliphatic rings. The zero-order valence-electron chi connectivity index (χ0n) is 53.0. The Hall–Kier alpha value is -0.0800. The Morgan fingerprint density at radius 2 is 0.487 bits per heavy atom. The van der Waals surface area contributed by atoms with Crippen LogP contribution >= 0.6 is 0 Å². The van der Waals surface area contributed by atoms with Gasteiger partial charge in [-0.15, -0.1) is 0 Å². The predicted octanol–water partition coefficient (Wildman–Crippen LogP) is 20.8. The molecular formula is C76H128N2. The van der Waals surface area contributed by atoms with Crippen molar-refractivity contribution >= 4 is 0 Å². The summed E-state index contributed by atoms with van der Waals surface area (Å²) in [4.78, 5) is 7.01. The summed E-state index contributed by atoms with van der Waals surface area (Å²) in [5, 5.41) is 0. The minimum atomic E-state index is 0.555. The third-order valence-corrected chi connectivity index (χ3v) is 33.1. The van der Waals surface area contributed by atoms with E-state index in [0.717, 1.165) is 143 Å². The largest absolute Gasteiger partial charge is 0.294 e. The van der Waals surface area contributed by atoms with Crippen LogP contribution in [-0.2, 0) is 0 Å². The molecule has 0 aliphatic heterocycles. The Bertz CT molecular complexity index is 1870. The normalized spacial score (nSPS) is 50.8. The van der Waals surface area contributed by atoms with Crippen LogP contribution in [0.3, 0.4) is 0 Å². The molecule has 0 N–H and O–H groups in total. The molecule has 0 aromatic rings. The summed E-state index contributed by atoms with van der Waals surface area (Å²) in [6, 6.07) is 5.23. The van der Waals surface area contributed by atoms with Crippen molar-refractivity contribution in [3.8, 4) is 0 Å². The standard InChI is InChI=1S/C76H128N2/c1-9-75(10-2)67-27-19-15-23-59(67)63-43-39-55(47-71(63)75)77(53-37-41-61-57-21-13-17-25-65(57)73(5,6)69(61)45-53)51-33-29-49(30-34-51)50-31-35-52(36-32-50)78(54-38-42-62-58-22-14-18-26-66(58)74(7,8)70(62)46-54)56-40-44-64-60-24-16-20-28-68(60)76(11-3,12-4)72(64)48-56/h49-72H,9-48H2,1-8H3. The highest BCUT2D eigenvalue weighted by Crippen LogP contribution is 2.70. The zero-order valence-corrected chi connectivity index (χ0v) is 53.0. The van der Waals surface area contributed by atoms with E-state index in [1.165, 1.54) is 77.0 Å². The second kappa shape index (κ2) is 22.0. The van der Waals surface area contributed by atoms with E-state index in [9.17, 15) is 0 Å². The molecule has 0 heterocycles. The summed E-state index contributed by atoms with van der Waals surface area (Å²) in [5.41, 5.74) is 2.39. The first-order valence-corrected chi connectivity index (χ1v) is 37.5. The molecule has 20 atom stereocenters. The fourth-order valence-electron chi connectivity index (χ4n) is 30.0. The van der Waals surface area contributed by atoms with Crippen molar-refractivity contribution in [1.82, 2.24) is 9.80 Å². The minimum absolute atomic E-state index is 0.555. The van der Waals surface area contributed by atoms with E-state index in [2.05, 4.69) is 65.2 Å². The van der Waals surface area contributed by atoms with Gasteiger partial charge >= 0.3 is 0 Å². The van der Waals surface area contributed by atoms with E-state index in [1.807, 2.05) is 0 Å². The highest BCUT2D eigenvalue weighted by atomic mass is 15.2. The maximum Gasteiger partial charge on any atom is 0.0104 e. The van der Waals surface area contributed by atoms with Gasteiger partial charge in [-0.2, -0.15) is 0 Å². The molecular weight excluding hydrogens is 941 g/mol. The smallest absolute Gasteiger partial charge is 0.0104 e. The first-order valence-electron chi connectivity index (χ1n) is 37.5. The number of rotatable bonds is 11. The summed E-state index contributed by atoms with van der Waals surface area (Å²) in [5.74, 6) is 18.6. The predicted molar refractivity (Wildman–Crippen MR) is 329 cm³/mol. The summed E-state index contributed by atoms with van der Waals surface area (Å²) < 4.78 is 0. The van der Waals surface area contributed by atoms with Gasteiger partial charge in [0.1, 0.15) is 0 Å². The Kier molecular flexibility index (Phi) is 15.7. The molecule has 20 unspecified atom stereocenters. The van der Waals surface area contributed by atoms with Crippen molar-refractivity contribution < 1.29 is 0 Å². The SMILES string of the molecule is CCC1(CC)C2CCCCC2C2CCC(N(C3CCC(C4CCC(N(C5CCC6C7CCCCC7C(C)(C)C6C5)C5CCC6C7CCCCC7C(CC)(CC)C6C5)CC4)CC3)C3CCC4C5CCCCC5C(C)(C)C4C3)CC21. The maximum absolute atomic E-state index is 3.50. The van der Waals surface area contributed by atoms with E-state index >= 15 is 0 Å². The quantitative estimate of drug-likeness (QED) is 0.203. The third kappa shape index (κ3) is 8.81. The van der Waals surface area contributed by atoms with Crippen LogP contribution in [0.15, 0.2) is 0 Å². The average Bonchev–Trinajstić information content (AvgIpc) is 4.28. The van der Waals surface area contributed by atoms with Crippen LogP contribution in [0, 0.1) is 128 Å². The second-order valence-electron chi connectivity index (χ2n) is 34.7. The minimum Gasteiger partial charge on any atom is -0.294 e. The Balaban J connectivity index is 0.690. The summed E-state index contributed by atoms with van der Waals surface area (Å²) in [7, 11) is 0. The van der Waals surface area contributed by atoms with E-state index in [4.69, 9.17) is 0 Å². The van der Waals surface area contributed by atoms with Gasteiger partial charge in [0.2, 0.25) is 0 Å². The lowest BCUT2D eigenvalue weighted by molar-refractivity contribution is -0.0503. The summed E-state index contributed by atoms with van der Waals surface area (Å²) in [6.45, 7) is 21.8. The van der Waals surface area contributed by atoms with Crippen molar-refractivity contribution in [2.24, 2.45) is 128 Å². The van der Waals surface area contributed by atoms with Gasteiger partial charge in [-0.25, -0.2) is 0 Å². The van der Waals surface area contributed by atoms with E-state index in [-0.39, 0.29) is 0 Å². The van der Waals surface area contributed by atoms with Crippen molar-refractivity contribution in [3.05, 3.63) is 0 Å². The third-order valence-electron chi connectivity index (χ3n) is 33.1. The molecule has 14 rings (SSSR count). The van der Waals surface area contributed by atoms with Crippen LogP contribution in [0.1, 0.15) is 312 Å². The van der Waals surface area contributed by atoms with Crippen molar-refractivity contribution in [2.75, 3.05) is 0 Å². The summed E-state index contributed by atoms with van der Waals surface area (Å²) >= 11 is 0. The molecule has 0 aromatic heterocycles. The van der Waals surface area contributed by atoms with Crippen LogP contribution in [0.5, 0.6) is 0 Å². The number of nitrogens with zero attached hydrogens (tertiary/aromatic N) is 2. The highest BCUT2D eigenvalue weighted by molar-refractivity contribution is 5.14. The van der Waals surface area contributed by atoms with Gasteiger partial charge in [-0.05, 0) is 334 Å². The van der Waals surface area contributed by atoms with Gasteiger partial charge in [0.15, 0.2) is 0 Å². The van der Waals surface area contributed by atoms with Crippen LogP contribution in [0.25, 0.3) is 0 Å². The van der Waals surface area contributed by atoms with Crippen molar-refractivity contribution in [2.45, 2.75) is 348 Å².